The Hall–Kier alpha value is -1.42. The summed E-state index contributed by atoms with van der Waals surface area (Å²) < 4.78 is 0. The maximum atomic E-state index is 12.6. The molecule has 4 nitrogen and oxygen atoms in total. The Morgan fingerprint density at radius 2 is 2.05 bits per heavy atom. The summed E-state index contributed by atoms with van der Waals surface area (Å²) in [5.74, 6) is 1.03. The SMILES string of the molecule is CN1CCC([C@@H]2CCCN2C(=O)CCc2ccccn2)CC1. The van der Waals surface area contributed by atoms with Gasteiger partial charge >= 0.3 is 0 Å². The Morgan fingerprint density at radius 1 is 1.23 bits per heavy atom. The summed E-state index contributed by atoms with van der Waals surface area (Å²) in [5, 5.41) is 0. The van der Waals surface area contributed by atoms with Crippen molar-refractivity contribution in [2.45, 2.75) is 44.6 Å². The van der Waals surface area contributed by atoms with Crippen molar-refractivity contribution in [2.75, 3.05) is 26.7 Å². The number of likely N-dealkylation sites (tertiary alicyclic amines) is 2. The Labute approximate surface area is 133 Å². The van der Waals surface area contributed by atoms with Crippen LogP contribution in [0.2, 0.25) is 0 Å². The number of aryl methyl sites for hydroxylation is 1. The fourth-order valence-corrected chi connectivity index (χ4v) is 3.93. The quantitative estimate of drug-likeness (QED) is 0.856. The number of rotatable bonds is 4. The first-order valence-electron chi connectivity index (χ1n) is 8.62. The summed E-state index contributed by atoms with van der Waals surface area (Å²) >= 11 is 0. The number of hydrogen-bond acceptors (Lipinski definition) is 3. The predicted octanol–water partition coefficient (Wildman–Crippen LogP) is 2.35. The van der Waals surface area contributed by atoms with Crippen molar-refractivity contribution in [3.63, 3.8) is 0 Å². The molecule has 2 fully saturated rings. The van der Waals surface area contributed by atoms with Gasteiger partial charge in [0.1, 0.15) is 0 Å². The first-order valence-corrected chi connectivity index (χ1v) is 8.62. The molecule has 22 heavy (non-hydrogen) atoms. The first-order chi connectivity index (χ1) is 10.7. The number of pyridine rings is 1. The van der Waals surface area contributed by atoms with E-state index >= 15 is 0 Å². The second-order valence-electron chi connectivity index (χ2n) is 6.76. The molecule has 1 amide bonds. The maximum absolute atomic E-state index is 12.6. The van der Waals surface area contributed by atoms with Crippen molar-refractivity contribution in [1.29, 1.82) is 0 Å². The lowest BCUT2D eigenvalue weighted by atomic mass is 9.88. The smallest absolute Gasteiger partial charge is 0.223 e. The van der Waals surface area contributed by atoms with Gasteiger partial charge in [0.05, 0.1) is 0 Å². The van der Waals surface area contributed by atoms with E-state index in [9.17, 15) is 4.79 Å². The zero-order valence-corrected chi connectivity index (χ0v) is 13.6. The van der Waals surface area contributed by atoms with E-state index in [4.69, 9.17) is 0 Å². The monoisotopic (exact) mass is 301 g/mol. The van der Waals surface area contributed by atoms with E-state index in [0.717, 1.165) is 18.7 Å². The fourth-order valence-electron chi connectivity index (χ4n) is 3.93. The van der Waals surface area contributed by atoms with Gasteiger partial charge in [-0.1, -0.05) is 6.07 Å². The molecule has 0 spiro atoms. The minimum Gasteiger partial charge on any atom is -0.339 e. The largest absolute Gasteiger partial charge is 0.339 e. The normalized spacial score (nSPS) is 23.9. The fraction of sp³-hybridized carbons (Fsp3) is 0.667. The number of carbonyl (C=O) groups excluding carboxylic acids is 1. The molecule has 2 saturated heterocycles. The molecule has 0 N–H and O–H groups in total. The molecule has 1 aromatic rings. The highest BCUT2D eigenvalue weighted by Crippen LogP contribution is 2.31. The zero-order chi connectivity index (χ0) is 15.4. The minimum atomic E-state index is 0.326. The summed E-state index contributed by atoms with van der Waals surface area (Å²) in [4.78, 5) is 21.5. The summed E-state index contributed by atoms with van der Waals surface area (Å²) in [6, 6.07) is 6.40. The second-order valence-corrected chi connectivity index (χ2v) is 6.76. The first kappa shape index (κ1) is 15.5. The number of nitrogens with zero attached hydrogens (tertiary/aromatic N) is 3. The van der Waals surface area contributed by atoms with E-state index in [1.165, 1.54) is 38.8 Å². The van der Waals surface area contributed by atoms with Crippen molar-refractivity contribution in [3.05, 3.63) is 30.1 Å². The summed E-state index contributed by atoms with van der Waals surface area (Å²) in [6.07, 6.45) is 8.01. The van der Waals surface area contributed by atoms with E-state index in [1.807, 2.05) is 18.2 Å². The molecule has 0 unspecified atom stereocenters. The van der Waals surface area contributed by atoms with Gasteiger partial charge in [-0.25, -0.2) is 0 Å². The van der Waals surface area contributed by atoms with Crippen LogP contribution in [0.1, 0.15) is 37.8 Å². The molecule has 120 valence electrons. The highest BCUT2D eigenvalue weighted by molar-refractivity contribution is 5.77. The number of carbonyl (C=O) groups is 1. The van der Waals surface area contributed by atoms with Crippen LogP contribution in [0.5, 0.6) is 0 Å². The van der Waals surface area contributed by atoms with Crippen LogP contribution in [-0.2, 0) is 11.2 Å². The van der Waals surface area contributed by atoms with Gasteiger partial charge in [-0.15, -0.1) is 0 Å². The third-order valence-corrected chi connectivity index (χ3v) is 5.25. The third kappa shape index (κ3) is 3.67. The number of piperidine rings is 1. The van der Waals surface area contributed by atoms with Gasteiger partial charge in [-0.2, -0.15) is 0 Å². The van der Waals surface area contributed by atoms with Crippen molar-refractivity contribution in [3.8, 4) is 0 Å². The molecule has 0 saturated carbocycles. The minimum absolute atomic E-state index is 0.326. The van der Waals surface area contributed by atoms with E-state index in [2.05, 4.69) is 21.8 Å². The number of hydrogen-bond donors (Lipinski definition) is 0. The van der Waals surface area contributed by atoms with Gasteiger partial charge in [0.25, 0.3) is 0 Å². The topological polar surface area (TPSA) is 36.4 Å². The van der Waals surface area contributed by atoms with E-state index in [1.54, 1.807) is 6.20 Å². The maximum Gasteiger partial charge on any atom is 0.223 e. The summed E-state index contributed by atoms with van der Waals surface area (Å²) in [6.45, 7) is 3.31. The molecule has 0 aromatic carbocycles. The van der Waals surface area contributed by atoms with E-state index in [-0.39, 0.29) is 0 Å². The van der Waals surface area contributed by atoms with Crippen molar-refractivity contribution < 1.29 is 4.79 Å². The number of amides is 1. The van der Waals surface area contributed by atoms with Crippen LogP contribution >= 0.6 is 0 Å². The molecular weight excluding hydrogens is 274 g/mol. The molecule has 1 aromatic heterocycles. The van der Waals surface area contributed by atoms with Crippen LogP contribution < -0.4 is 0 Å². The lowest BCUT2D eigenvalue weighted by Crippen LogP contribution is -2.44. The lowest BCUT2D eigenvalue weighted by Gasteiger charge is -2.37. The lowest BCUT2D eigenvalue weighted by molar-refractivity contribution is -0.133. The Balaban J connectivity index is 1.54. The average Bonchev–Trinajstić information content (AvgIpc) is 3.04. The molecule has 3 rings (SSSR count). The molecule has 1 atom stereocenters. The Kier molecular flexibility index (Phi) is 5.08. The van der Waals surface area contributed by atoms with Crippen LogP contribution in [0.25, 0.3) is 0 Å². The summed E-state index contributed by atoms with van der Waals surface area (Å²) in [7, 11) is 2.20. The molecule has 0 aliphatic carbocycles. The van der Waals surface area contributed by atoms with Crippen LogP contribution in [0.3, 0.4) is 0 Å². The van der Waals surface area contributed by atoms with E-state index < -0.39 is 0 Å². The van der Waals surface area contributed by atoms with Crippen LogP contribution in [0.4, 0.5) is 0 Å². The predicted molar refractivity (Wildman–Crippen MR) is 87.5 cm³/mol. The molecule has 0 radical (unpaired) electrons. The van der Waals surface area contributed by atoms with Gasteiger partial charge in [0.2, 0.25) is 5.91 Å². The van der Waals surface area contributed by atoms with Crippen LogP contribution in [0, 0.1) is 5.92 Å². The third-order valence-electron chi connectivity index (χ3n) is 5.25. The highest BCUT2D eigenvalue weighted by atomic mass is 16.2. The van der Waals surface area contributed by atoms with Crippen molar-refractivity contribution >= 4 is 5.91 Å². The molecule has 4 heteroatoms. The Bertz CT molecular complexity index is 482. The average molecular weight is 301 g/mol. The van der Waals surface area contributed by atoms with Crippen molar-refractivity contribution in [1.82, 2.24) is 14.8 Å². The highest BCUT2D eigenvalue weighted by Gasteiger charge is 2.35. The van der Waals surface area contributed by atoms with Gasteiger partial charge in [0.15, 0.2) is 0 Å². The van der Waals surface area contributed by atoms with Crippen LogP contribution in [0.15, 0.2) is 24.4 Å². The Morgan fingerprint density at radius 3 is 2.77 bits per heavy atom. The van der Waals surface area contributed by atoms with Gasteiger partial charge in [-0.05, 0) is 70.3 Å². The molecule has 2 aliphatic rings. The molecule has 0 bridgehead atoms. The molecular formula is C18H27N3O. The zero-order valence-electron chi connectivity index (χ0n) is 13.6. The van der Waals surface area contributed by atoms with Crippen molar-refractivity contribution in [2.24, 2.45) is 5.92 Å². The van der Waals surface area contributed by atoms with Gasteiger partial charge in [0, 0.05) is 30.9 Å². The number of aromatic nitrogens is 1. The summed E-state index contributed by atoms with van der Waals surface area (Å²) in [5.41, 5.74) is 1.02. The second kappa shape index (κ2) is 7.23. The van der Waals surface area contributed by atoms with E-state index in [0.29, 0.717) is 24.3 Å². The van der Waals surface area contributed by atoms with Gasteiger partial charge in [-0.3, -0.25) is 9.78 Å². The standard InChI is InChI=1S/C18H27N3O/c1-20-13-9-15(10-14-20)17-6-4-12-21(17)18(22)8-7-16-5-2-3-11-19-16/h2-3,5,11,15,17H,4,6-10,12-14H2,1H3/t17-/m0/s1. The molecule has 2 aliphatic heterocycles. The van der Waals surface area contributed by atoms with Gasteiger partial charge < -0.3 is 9.80 Å². The molecule has 3 heterocycles. The van der Waals surface area contributed by atoms with Crippen LogP contribution in [-0.4, -0.2) is 53.4 Å².